The van der Waals surface area contributed by atoms with E-state index in [4.69, 9.17) is 4.98 Å². The first-order chi connectivity index (χ1) is 15.0. The van der Waals surface area contributed by atoms with Crippen LogP contribution in [0, 0.1) is 19.8 Å². The van der Waals surface area contributed by atoms with Crippen LogP contribution in [0.1, 0.15) is 42.5 Å². The van der Waals surface area contributed by atoms with Crippen molar-refractivity contribution in [1.29, 1.82) is 0 Å². The summed E-state index contributed by atoms with van der Waals surface area (Å²) in [5, 5.41) is 3.19. The molecule has 1 aliphatic rings. The molecule has 1 saturated heterocycles. The molecule has 0 saturated carbocycles. The quantitative estimate of drug-likeness (QED) is 0.648. The molecular weight excluding hydrogens is 384 g/mol. The van der Waals surface area contributed by atoms with Crippen LogP contribution in [0.2, 0.25) is 0 Å². The molecule has 5 nitrogen and oxygen atoms in total. The number of aryl methyl sites for hydroxylation is 2. The second kappa shape index (κ2) is 9.29. The first-order valence-electron chi connectivity index (χ1n) is 11.0. The van der Waals surface area contributed by atoms with Crippen LogP contribution in [0.3, 0.4) is 0 Å². The molecule has 0 aliphatic carbocycles. The number of hydrogen-bond acceptors (Lipinski definition) is 4. The molecule has 1 aliphatic heterocycles. The van der Waals surface area contributed by atoms with Gasteiger partial charge in [0.2, 0.25) is 5.91 Å². The minimum absolute atomic E-state index is 0.0184. The average molecular weight is 415 g/mol. The number of piperidine rings is 1. The number of benzene rings is 2. The molecule has 31 heavy (non-hydrogen) atoms. The maximum atomic E-state index is 12.8. The molecule has 0 bridgehead atoms. The Morgan fingerprint density at radius 3 is 2.48 bits per heavy atom. The van der Waals surface area contributed by atoms with Crippen molar-refractivity contribution in [2.75, 3.05) is 18.0 Å². The lowest BCUT2D eigenvalue weighted by Crippen LogP contribution is -2.41. The SMILES string of the molecule is Cc1ccc([C@H](C)NC(=O)C2CCN(c3ccnc(-c4cccc(C)c4)n3)CC2)cc1. The number of hydrogen-bond donors (Lipinski definition) is 1. The summed E-state index contributed by atoms with van der Waals surface area (Å²) in [6.45, 7) is 7.83. The normalized spacial score (nSPS) is 15.5. The van der Waals surface area contributed by atoms with E-state index < -0.39 is 0 Å². The minimum atomic E-state index is 0.0184. The predicted molar refractivity (Wildman–Crippen MR) is 125 cm³/mol. The molecule has 0 spiro atoms. The van der Waals surface area contributed by atoms with Crippen molar-refractivity contribution < 1.29 is 4.79 Å². The number of carbonyl (C=O) groups is 1. The van der Waals surface area contributed by atoms with E-state index in [1.165, 1.54) is 11.1 Å². The molecule has 3 aromatic rings. The van der Waals surface area contributed by atoms with Crippen LogP contribution in [-0.4, -0.2) is 29.0 Å². The second-order valence-corrected chi connectivity index (χ2v) is 8.51. The van der Waals surface area contributed by atoms with Crippen molar-refractivity contribution in [3.63, 3.8) is 0 Å². The third-order valence-electron chi connectivity index (χ3n) is 6.04. The minimum Gasteiger partial charge on any atom is -0.356 e. The molecule has 5 heteroatoms. The van der Waals surface area contributed by atoms with E-state index in [0.717, 1.165) is 48.7 Å². The first-order valence-corrected chi connectivity index (χ1v) is 11.0. The first kappa shape index (κ1) is 21.0. The summed E-state index contributed by atoms with van der Waals surface area (Å²) in [4.78, 5) is 24.3. The second-order valence-electron chi connectivity index (χ2n) is 8.51. The molecule has 1 N–H and O–H groups in total. The number of aromatic nitrogens is 2. The van der Waals surface area contributed by atoms with Gasteiger partial charge in [0.25, 0.3) is 0 Å². The molecule has 1 atom stereocenters. The van der Waals surface area contributed by atoms with Gasteiger partial charge in [-0.25, -0.2) is 9.97 Å². The summed E-state index contributed by atoms with van der Waals surface area (Å²) in [6, 6.07) is 18.6. The van der Waals surface area contributed by atoms with Crippen LogP contribution < -0.4 is 10.2 Å². The van der Waals surface area contributed by atoms with Crippen LogP contribution in [0.4, 0.5) is 5.82 Å². The highest BCUT2D eigenvalue weighted by Gasteiger charge is 2.26. The zero-order valence-corrected chi connectivity index (χ0v) is 18.5. The van der Waals surface area contributed by atoms with E-state index in [2.05, 4.69) is 65.4 Å². The molecule has 160 valence electrons. The molecule has 4 rings (SSSR count). The van der Waals surface area contributed by atoms with Gasteiger partial charge < -0.3 is 10.2 Å². The molecular formula is C26H30N4O. The third-order valence-corrected chi connectivity index (χ3v) is 6.04. The number of rotatable bonds is 5. The molecule has 1 amide bonds. The predicted octanol–water partition coefficient (Wildman–Crippen LogP) is 4.85. The summed E-state index contributed by atoms with van der Waals surface area (Å²) in [5.74, 6) is 1.87. The maximum Gasteiger partial charge on any atom is 0.223 e. The van der Waals surface area contributed by atoms with Gasteiger partial charge in [-0.3, -0.25) is 4.79 Å². The molecule has 0 unspecified atom stereocenters. The fraction of sp³-hybridized carbons (Fsp3) is 0.346. The molecule has 2 aromatic carbocycles. The Kier molecular flexibility index (Phi) is 6.31. The Morgan fingerprint density at radius 1 is 1.03 bits per heavy atom. The van der Waals surface area contributed by atoms with Crippen molar-refractivity contribution in [2.24, 2.45) is 5.92 Å². The van der Waals surface area contributed by atoms with Crippen molar-refractivity contribution in [1.82, 2.24) is 15.3 Å². The van der Waals surface area contributed by atoms with Crippen LogP contribution >= 0.6 is 0 Å². The Bertz CT molecular complexity index is 1040. The highest BCUT2D eigenvalue weighted by molar-refractivity contribution is 5.79. The molecule has 1 aromatic heterocycles. The van der Waals surface area contributed by atoms with Gasteiger partial charge in [0.1, 0.15) is 5.82 Å². The lowest BCUT2D eigenvalue weighted by Gasteiger charge is -2.32. The number of anilines is 1. The molecule has 2 heterocycles. The number of amides is 1. The summed E-state index contributed by atoms with van der Waals surface area (Å²) in [7, 11) is 0. The fourth-order valence-corrected chi connectivity index (χ4v) is 4.09. The van der Waals surface area contributed by atoms with Gasteiger partial charge >= 0.3 is 0 Å². The lowest BCUT2D eigenvalue weighted by molar-refractivity contribution is -0.126. The van der Waals surface area contributed by atoms with Crippen LogP contribution in [-0.2, 0) is 4.79 Å². The summed E-state index contributed by atoms with van der Waals surface area (Å²) >= 11 is 0. The smallest absolute Gasteiger partial charge is 0.223 e. The topological polar surface area (TPSA) is 58.1 Å². The summed E-state index contributed by atoms with van der Waals surface area (Å²) in [6.07, 6.45) is 3.48. The highest BCUT2D eigenvalue weighted by Crippen LogP contribution is 2.25. The molecule has 0 radical (unpaired) electrons. The largest absolute Gasteiger partial charge is 0.356 e. The van der Waals surface area contributed by atoms with E-state index in [-0.39, 0.29) is 17.9 Å². The Morgan fingerprint density at radius 2 is 1.77 bits per heavy atom. The van der Waals surface area contributed by atoms with E-state index in [0.29, 0.717) is 0 Å². The maximum absolute atomic E-state index is 12.8. The third kappa shape index (κ3) is 5.10. The summed E-state index contributed by atoms with van der Waals surface area (Å²) in [5.41, 5.74) is 4.59. The average Bonchev–Trinajstić information content (AvgIpc) is 2.79. The Hall–Kier alpha value is -3.21. The van der Waals surface area contributed by atoms with Crippen LogP contribution in [0.5, 0.6) is 0 Å². The van der Waals surface area contributed by atoms with E-state index in [9.17, 15) is 4.79 Å². The van der Waals surface area contributed by atoms with Gasteiger partial charge in [-0.2, -0.15) is 0 Å². The van der Waals surface area contributed by atoms with Crippen molar-refractivity contribution in [3.05, 3.63) is 77.5 Å². The van der Waals surface area contributed by atoms with Gasteiger partial charge in [-0.15, -0.1) is 0 Å². The Labute approximate surface area is 184 Å². The Balaban J connectivity index is 1.36. The zero-order chi connectivity index (χ0) is 21.8. The van der Waals surface area contributed by atoms with Crippen LogP contribution in [0.25, 0.3) is 11.4 Å². The van der Waals surface area contributed by atoms with Gasteiger partial charge in [0, 0.05) is 30.8 Å². The van der Waals surface area contributed by atoms with E-state index >= 15 is 0 Å². The molecule has 1 fully saturated rings. The van der Waals surface area contributed by atoms with Crippen molar-refractivity contribution in [3.8, 4) is 11.4 Å². The van der Waals surface area contributed by atoms with Gasteiger partial charge in [0.15, 0.2) is 5.82 Å². The zero-order valence-electron chi connectivity index (χ0n) is 18.5. The van der Waals surface area contributed by atoms with E-state index in [1.54, 1.807) is 0 Å². The van der Waals surface area contributed by atoms with E-state index in [1.807, 2.05) is 31.3 Å². The lowest BCUT2D eigenvalue weighted by atomic mass is 9.95. The van der Waals surface area contributed by atoms with Gasteiger partial charge in [-0.05, 0) is 51.3 Å². The van der Waals surface area contributed by atoms with Gasteiger partial charge in [-0.1, -0.05) is 53.6 Å². The number of nitrogens with zero attached hydrogens (tertiary/aromatic N) is 3. The number of nitrogens with one attached hydrogen (secondary N) is 1. The standard InChI is InChI=1S/C26H30N4O/c1-18-7-9-21(10-8-18)20(3)28-26(31)22-12-15-30(16-13-22)24-11-14-27-25(29-24)23-6-4-5-19(2)17-23/h4-11,14,17,20,22H,12-13,15-16H2,1-3H3,(H,28,31)/t20-/m0/s1. The fourth-order valence-electron chi connectivity index (χ4n) is 4.09. The van der Waals surface area contributed by atoms with Crippen LogP contribution in [0.15, 0.2) is 60.8 Å². The van der Waals surface area contributed by atoms with Crippen molar-refractivity contribution >= 4 is 11.7 Å². The van der Waals surface area contributed by atoms with Crippen molar-refractivity contribution in [2.45, 2.75) is 39.7 Å². The monoisotopic (exact) mass is 414 g/mol. The number of carbonyl (C=O) groups excluding carboxylic acids is 1. The van der Waals surface area contributed by atoms with Gasteiger partial charge in [0.05, 0.1) is 6.04 Å². The highest BCUT2D eigenvalue weighted by atomic mass is 16.1. The summed E-state index contributed by atoms with van der Waals surface area (Å²) < 4.78 is 0.